The molecule has 0 radical (unpaired) electrons. The lowest BCUT2D eigenvalue weighted by Gasteiger charge is -2.27. The first-order chi connectivity index (χ1) is 13.6. The summed E-state index contributed by atoms with van der Waals surface area (Å²) >= 11 is 7.74. The van der Waals surface area contributed by atoms with E-state index in [1.807, 2.05) is 31.2 Å². The van der Waals surface area contributed by atoms with E-state index in [1.54, 1.807) is 9.58 Å². The van der Waals surface area contributed by atoms with Gasteiger partial charge in [-0.05, 0) is 13.0 Å². The van der Waals surface area contributed by atoms with Crippen molar-refractivity contribution in [3.63, 3.8) is 0 Å². The number of amides is 2. The second-order valence-corrected chi connectivity index (χ2v) is 7.75. The van der Waals surface area contributed by atoms with Crippen molar-refractivity contribution < 1.29 is 14.3 Å². The molecule has 0 aliphatic carbocycles. The maximum atomic E-state index is 13.0. The number of morpholine rings is 1. The lowest BCUT2D eigenvalue weighted by molar-refractivity contribution is 0.0295. The molecule has 7 nitrogen and oxygen atoms in total. The summed E-state index contributed by atoms with van der Waals surface area (Å²) in [6, 6.07) is 7.59. The van der Waals surface area contributed by atoms with Crippen LogP contribution in [0.15, 0.2) is 30.5 Å². The Kier molecular flexibility index (Phi) is 5.34. The third kappa shape index (κ3) is 3.39. The number of nitrogens with zero attached hydrogens (tertiary/aromatic N) is 3. The topological polar surface area (TPSA) is 76.5 Å². The number of fused-ring (bicyclic) bond motifs is 1. The molecule has 2 aromatic heterocycles. The third-order valence-electron chi connectivity index (χ3n) is 4.63. The predicted octanol–water partition coefficient (Wildman–Crippen LogP) is 3.50. The fourth-order valence-electron chi connectivity index (χ4n) is 3.20. The number of carbonyl (C=O) groups excluding carboxylic acids is 2. The number of anilines is 1. The van der Waals surface area contributed by atoms with Crippen LogP contribution in [0.3, 0.4) is 0 Å². The highest BCUT2D eigenvalue weighted by Crippen LogP contribution is 2.35. The monoisotopic (exact) mass is 418 g/mol. The largest absolute Gasteiger partial charge is 0.378 e. The summed E-state index contributed by atoms with van der Waals surface area (Å²) in [5.41, 5.74) is 0.756. The molecule has 1 N–H and O–H groups in total. The average molecular weight is 419 g/mol. The Hall–Kier alpha value is -2.42. The van der Waals surface area contributed by atoms with Crippen molar-refractivity contribution in [2.24, 2.45) is 0 Å². The fraction of sp³-hybridized carbons (Fsp3) is 0.316. The molecule has 0 bridgehead atoms. The van der Waals surface area contributed by atoms with E-state index in [4.69, 9.17) is 16.3 Å². The van der Waals surface area contributed by atoms with E-state index < -0.39 is 0 Å². The van der Waals surface area contributed by atoms with Gasteiger partial charge >= 0.3 is 0 Å². The quantitative estimate of drug-likeness (QED) is 0.703. The summed E-state index contributed by atoms with van der Waals surface area (Å²) in [5, 5.41) is 8.34. The zero-order chi connectivity index (χ0) is 19.7. The SMILES string of the molecule is CCn1ncc(NC(=O)c2sc3ccccc3c2Cl)c1C(=O)N1CCOCC1. The predicted molar refractivity (Wildman–Crippen MR) is 109 cm³/mol. The lowest BCUT2D eigenvalue weighted by Crippen LogP contribution is -2.41. The van der Waals surface area contributed by atoms with E-state index in [0.29, 0.717) is 54.1 Å². The number of hydrogen-bond acceptors (Lipinski definition) is 5. The number of benzene rings is 1. The molecule has 9 heteroatoms. The first-order valence-electron chi connectivity index (χ1n) is 9.01. The second-order valence-electron chi connectivity index (χ2n) is 6.32. The van der Waals surface area contributed by atoms with Crippen molar-refractivity contribution >= 4 is 50.5 Å². The normalized spacial score (nSPS) is 14.4. The van der Waals surface area contributed by atoms with Gasteiger partial charge in [-0.3, -0.25) is 14.3 Å². The number of aryl methyl sites for hydroxylation is 1. The van der Waals surface area contributed by atoms with Crippen LogP contribution in [0, 0.1) is 0 Å². The first-order valence-corrected chi connectivity index (χ1v) is 10.2. The van der Waals surface area contributed by atoms with Crippen LogP contribution in [0.1, 0.15) is 27.1 Å². The molecule has 3 aromatic rings. The molecule has 0 atom stereocenters. The minimum Gasteiger partial charge on any atom is -0.378 e. The number of nitrogens with one attached hydrogen (secondary N) is 1. The smallest absolute Gasteiger partial charge is 0.274 e. The minimum atomic E-state index is -0.349. The first kappa shape index (κ1) is 18.9. The Balaban J connectivity index is 1.64. The highest BCUT2D eigenvalue weighted by Gasteiger charge is 2.27. The third-order valence-corrected chi connectivity index (χ3v) is 6.30. The lowest BCUT2D eigenvalue weighted by atomic mass is 10.2. The summed E-state index contributed by atoms with van der Waals surface area (Å²) in [5.74, 6) is -0.515. The minimum absolute atomic E-state index is 0.166. The van der Waals surface area contributed by atoms with Gasteiger partial charge in [0, 0.05) is 29.7 Å². The van der Waals surface area contributed by atoms with Gasteiger partial charge in [0.2, 0.25) is 0 Å². The Morgan fingerprint density at radius 3 is 2.75 bits per heavy atom. The van der Waals surface area contributed by atoms with Gasteiger partial charge in [0.05, 0.1) is 30.1 Å². The highest BCUT2D eigenvalue weighted by molar-refractivity contribution is 7.21. The van der Waals surface area contributed by atoms with Crippen molar-refractivity contribution in [1.29, 1.82) is 0 Å². The summed E-state index contributed by atoms with van der Waals surface area (Å²) in [7, 11) is 0. The molecule has 28 heavy (non-hydrogen) atoms. The summed E-state index contributed by atoms with van der Waals surface area (Å²) < 4.78 is 7.85. The Morgan fingerprint density at radius 1 is 1.29 bits per heavy atom. The summed E-state index contributed by atoms with van der Waals surface area (Å²) in [4.78, 5) is 28.0. The van der Waals surface area contributed by atoms with Gasteiger partial charge in [-0.1, -0.05) is 29.8 Å². The second kappa shape index (κ2) is 7.90. The van der Waals surface area contributed by atoms with E-state index >= 15 is 0 Å². The molecule has 2 amide bonds. The average Bonchev–Trinajstić information content (AvgIpc) is 3.29. The number of carbonyl (C=O) groups is 2. The van der Waals surface area contributed by atoms with Crippen LogP contribution in [-0.4, -0.2) is 52.8 Å². The maximum absolute atomic E-state index is 13.0. The molecule has 0 saturated carbocycles. The van der Waals surface area contributed by atoms with Gasteiger partial charge in [0.25, 0.3) is 11.8 Å². The Labute approximate surface area is 170 Å². The zero-order valence-electron chi connectivity index (χ0n) is 15.3. The van der Waals surface area contributed by atoms with Crippen molar-refractivity contribution in [2.75, 3.05) is 31.6 Å². The molecule has 3 heterocycles. The van der Waals surface area contributed by atoms with E-state index in [1.165, 1.54) is 17.5 Å². The van der Waals surface area contributed by atoms with Crippen molar-refractivity contribution in [1.82, 2.24) is 14.7 Å². The molecular formula is C19H19ClN4O3S. The van der Waals surface area contributed by atoms with Crippen LogP contribution in [-0.2, 0) is 11.3 Å². The molecule has 1 aliphatic heterocycles. The number of rotatable bonds is 4. The van der Waals surface area contributed by atoms with Crippen molar-refractivity contribution in [2.45, 2.75) is 13.5 Å². The fourth-order valence-corrected chi connectivity index (χ4v) is 4.61. The highest BCUT2D eigenvalue weighted by atomic mass is 35.5. The number of halogens is 1. The number of aromatic nitrogens is 2. The van der Waals surface area contributed by atoms with Crippen molar-refractivity contribution in [3.8, 4) is 0 Å². The van der Waals surface area contributed by atoms with Gasteiger partial charge in [0.15, 0.2) is 0 Å². The summed E-state index contributed by atoms with van der Waals surface area (Å²) in [6.07, 6.45) is 1.51. The molecule has 4 rings (SSSR count). The molecule has 1 saturated heterocycles. The van der Waals surface area contributed by atoms with E-state index in [0.717, 1.165) is 10.1 Å². The molecule has 0 spiro atoms. The number of thiophene rings is 1. The molecule has 1 aliphatic rings. The van der Waals surface area contributed by atoms with Gasteiger partial charge in [0.1, 0.15) is 10.6 Å². The van der Waals surface area contributed by atoms with Crippen molar-refractivity contribution in [3.05, 3.63) is 46.1 Å². The Bertz CT molecular complexity index is 1040. The van der Waals surface area contributed by atoms with E-state index in [-0.39, 0.29) is 11.8 Å². The molecule has 1 aromatic carbocycles. The Morgan fingerprint density at radius 2 is 2.04 bits per heavy atom. The van der Waals surface area contributed by atoms with Crippen LogP contribution >= 0.6 is 22.9 Å². The number of hydrogen-bond donors (Lipinski definition) is 1. The zero-order valence-corrected chi connectivity index (χ0v) is 16.8. The van der Waals surface area contributed by atoms with Crippen LogP contribution in [0.25, 0.3) is 10.1 Å². The van der Waals surface area contributed by atoms with Crippen LogP contribution < -0.4 is 5.32 Å². The van der Waals surface area contributed by atoms with Crippen LogP contribution in [0.5, 0.6) is 0 Å². The van der Waals surface area contributed by atoms with Crippen LogP contribution in [0.2, 0.25) is 5.02 Å². The molecule has 0 unspecified atom stereocenters. The molecule has 146 valence electrons. The standard InChI is InChI=1S/C19H19ClN4O3S/c1-2-24-16(19(26)23-7-9-27-10-8-23)13(11-21-24)22-18(25)17-15(20)12-5-3-4-6-14(12)28-17/h3-6,11H,2,7-10H2,1H3,(H,22,25). The number of ether oxygens (including phenoxy) is 1. The van der Waals surface area contributed by atoms with Gasteiger partial charge in [-0.15, -0.1) is 11.3 Å². The molecule has 1 fully saturated rings. The van der Waals surface area contributed by atoms with Crippen LogP contribution in [0.4, 0.5) is 5.69 Å². The maximum Gasteiger partial charge on any atom is 0.274 e. The molecular weight excluding hydrogens is 400 g/mol. The van der Waals surface area contributed by atoms with Gasteiger partial charge < -0.3 is 15.0 Å². The van der Waals surface area contributed by atoms with E-state index in [9.17, 15) is 9.59 Å². The van der Waals surface area contributed by atoms with Gasteiger partial charge in [-0.25, -0.2) is 0 Å². The van der Waals surface area contributed by atoms with E-state index in [2.05, 4.69) is 10.4 Å². The summed E-state index contributed by atoms with van der Waals surface area (Å²) in [6.45, 7) is 4.46. The van der Waals surface area contributed by atoms with Gasteiger partial charge in [-0.2, -0.15) is 5.10 Å².